The largest absolute Gasteiger partial charge is 0.493 e. The quantitative estimate of drug-likeness (QED) is 0.788. The lowest BCUT2D eigenvalue weighted by molar-refractivity contribution is -0.132. The first kappa shape index (κ1) is 15.8. The highest BCUT2D eigenvalue weighted by Gasteiger charge is 2.23. The number of carbonyl (C=O) groups excluding carboxylic acids is 1. The molecule has 128 valence electrons. The lowest BCUT2D eigenvalue weighted by Gasteiger charge is -2.27. The molecule has 0 spiro atoms. The molecule has 0 atom stereocenters. The van der Waals surface area contributed by atoms with Crippen LogP contribution in [-0.2, 0) is 17.8 Å². The van der Waals surface area contributed by atoms with Gasteiger partial charge >= 0.3 is 0 Å². The van der Waals surface area contributed by atoms with E-state index in [-0.39, 0.29) is 5.91 Å². The molecular weight excluding hydrogens is 312 g/mol. The van der Waals surface area contributed by atoms with Gasteiger partial charge in [0, 0.05) is 41.7 Å². The van der Waals surface area contributed by atoms with Crippen molar-refractivity contribution in [2.45, 2.75) is 26.3 Å². The first-order valence-electron chi connectivity index (χ1n) is 8.76. The number of aromatic nitrogens is 1. The summed E-state index contributed by atoms with van der Waals surface area (Å²) in [6, 6.07) is 16.1. The Labute approximate surface area is 147 Å². The van der Waals surface area contributed by atoms with E-state index in [2.05, 4.69) is 30.1 Å². The van der Waals surface area contributed by atoms with Gasteiger partial charge in [-0.1, -0.05) is 30.3 Å². The zero-order valence-corrected chi connectivity index (χ0v) is 14.4. The number of carbonyl (C=O) groups is 1. The van der Waals surface area contributed by atoms with Crippen LogP contribution in [0.25, 0.3) is 10.9 Å². The monoisotopic (exact) mass is 334 g/mol. The smallest absolute Gasteiger partial charge is 0.226 e. The molecule has 2 aromatic carbocycles. The highest BCUT2D eigenvalue weighted by atomic mass is 16.5. The van der Waals surface area contributed by atoms with Gasteiger partial charge < -0.3 is 14.6 Å². The molecule has 2 heterocycles. The molecule has 1 aromatic heterocycles. The Kier molecular flexibility index (Phi) is 4.18. The summed E-state index contributed by atoms with van der Waals surface area (Å²) in [6.45, 7) is 3.96. The van der Waals surface area contributed by atoms with Crippen LogP contribution in [0.4, 0.5) is 0 Å². The number of aryl methyl sites for hydroxylation is 1. The van der Waals surface area contributed by atoms with E-state index < -0.39 is 0 Å². The van der Waals surface area contributed by atoms with Crippen molar-refractivity contribution >= 4 is 16.8 Å². The topological polar surface area (TPSA) is 45.3 Å². The number of benzene rings is 2. The molecule has 0 unspecified atom stereocenters. The van der Waals surface area contributed by atoms with Crippen LogP contribution in [0.5, 0.6) is 5.75 Å². The Hall–Kier alpha value is -2.75. The number of hydrogen-bond acceptors (Lipinski definition) is 2. The number of fused-ring (bicyclic) bond motifs is 3. The molecule has 0 bridgehead atoms. The molecule has 4 nitrogen and oxygen atoms in total. The Balaban J connectivity index is 1.41. The van der Waals surface area contributed by atoms with Crippen molar-refractivity contribution < 1.29 is 9.53 Å². The van der Waals surface area contributed by atoms with Crippen LogP contribution in [0.2, 0.25) is 0 Å². The summed E-state index contributed by atoms with van der Waals surface area (Å²) < 4.78 is 5.65. The Morgan fingerprint density at radius 2 is 2.04 bits per heavy atom. The van der Waals surface area contributed by atoms with Crippen molar-refractivity contribution in [2.75, 3.05) is 13.2 Å². The van der Waals surface area contributed by atoms with Crippen LogP contribution in [0.1, 0.15) is 23.2 Å². The third kappa shape index (κ3) is 3.25. The number of rotatable bonds is 4. The maximum Gasteiger partial charge on any atom is 0.226 e. The third-order valence-electron chi connectivity index (χ3n) is 4.81. The standard InChI is InChI=1S/C21H22N2O2/c1-15-7-8-17-18-14-23(11-9-19(18)22-20(17)13-15)21(24)10-12-25-16-5-3-2-4-6-16/h2-8,13,22H,9-12,14H2,1H3. The van der Waals surface area contributed by atoms with Crippen LogP contribution in [0.3, 0.4) is 0 Å². The molecule has 1 N–H and O–H groups in total. The number of hydrogen-bond donors (Lipinski definition) is 1. The maximum atomic E-state index is 12.5. The van der Waals surface area contributed by atoms with Gasteiger partial charge in [0.25, 0.3) is 0 Å². The van der Waals surface area contributed by atoms with E-state index in [4.69, 9.17) is 4.74 Å². The number of para-hydroxylation sites is 1. The fourth-order valence-corrected chi connectivity index (χ4v) is 3.48. The minimum absolute atomic E-state index is 0.156. The predicted octanol–water partition coefficient (Wildman–Crippen LogP) is 3.83. The lowest BCUT2D eigenvalue weighted by Crippen LogP contribution is -2.36. The van der Waals surface area contributed by atoms with Crippen LogP contribution < -0.4 is 4.74 Å². The Morgan fingerprint density at radius 3 is 2.88 bits per heavy atom. The Morgan fingerprint density at radius 1 is 1.20 bits per heavy atom. The SMILES string of the molecule is Cc1ccc2c3c([nH]c2c1)CCN(C(=O)CCOc1ccccc1)C3. The second kappa shape index (κ2) is 6.63. The van der Waals surface area contributed by atoms with Crippen LogP contribution in [0.15, 0.2) is 48.5 Å². The van der Waals surface area contributed by atoms with Gasteiger partial charge in [-0.05, 0) is 30.7 Å². The average Bonchev–Trinajstić information content (AvgIpc) is 2.99. The molecule has 0 saturated heterocycles. The summed E-state index contributed by atoms with van der Waals surface area (Å²) in [5.41, 5.74) is 4.95. The van der Waals surface area contributed by atoms with Crippen molar-refractivity contribution in [1.82, 2.24) is 9.88 Å². The summed E-state index contributed by atoms with van der Waals surface area (Å²) in [4.78, 5) is 18.0. The lowest BCUT2D eigenvalue weighted by atomic mass is 10.0. The fourth-order valence-electron chi connectivity index (χ4n) is 3.48. The number of amides is 1. The van der Waals surface area contributed by atoms with E-state index in [1.807, 2.05) is 35.2 Å². The summed E-state index contributed by atoms with van der Waals surface area (Å²) in [5, 5.41) is 1.23. The predicted molar refractivity (Wildman–Crippen MR) is 98.7 cm³/mol. The molecule has 4 heteroatoms. The minimum atomic E-state index is 0.156. The van der Waals surface area contributed by atoms with Crippen molar-refractivity contribution in [1.29, 1.82) is 0 Å². The third-order valence-corrected chi connectivity index (χ3v) is 4.81. The van der Waals surface area contributed by atoms with E-state index in [0.29, 0.717) is 19.6 Å². The number of aromatic amines is 1. The second-order valence-corrected chi connectivity index (χ2v) is 6.61. The normalized spacial score (nSPS) is 13.7. The van der Waals surface area contributed by atoms with Crippen LogP contribution >= 0.6 is 0 Å². The number of ether oxygens (including phenoxy) is 1. The van der Waals surface area contributed by atoms with Crippen LogP contribution in [0, 0.1) is 6.92 Å². The molecule has 25 heavy (non-hydrogen) atoms. The zero-order valence-electron chi connectivity index (χ0n) is 14.4. The van der Waals surface area contributed by atoms with Gasteiger partial charge in [-0.25, -0.2) is 0 Å². The van der Waals surface area contributed by atoms with Crippen molar-refractivity contribution in [3.63, 3.8) is 0 Å². The number of nitrogens with zero attached hydrogens (tertiary/aromatic N) is 1. The van der Waals surface area contributed by atoms with E-state index in [1.54, 1.807) is 0 Å². The van der Waals surface area contributed by atoms with Gasteiger partial charge in [0.15, 0.2) is 0 Å². The number of H-pyrrole nitrogens is 1. The van der Waals surface area contributed by atoms with Gasteiger partial charge in [-0.2, -0.15) is 0 Å². The highest BCUT2D eigenvalue weighted by Crippen LogP contribution is 2.28. The molecule has 4 rings (SSSR count). The molecule has 1 aliphatic rings. The molecule has 0 radical (unpaired) electrons. The second-order valence-electron chi connectivity index (χ2n) is 6.61. The molecule has 1 amide bonds. The van der Waals surface area contributed by atoms with E-state index >= 15 is 0 Å². The first-order chi connectivity index (χ1) is 12.2. The van der Waals surface area contributed by atoms with Crippen molar-refractivity contribution in [3.8, 4) is 5.75 Å². The first-order valence-corrected chi connectivity index (χ1v) is 8.76. The van der Waals surface area contributed by atoms with Crippen molar-refractivity contribution in [3.05, 3.63) is 65.4 Å². The molecule has 1 aliphatic heterocycles. The Bertz CT molecular complexity index is 899. The van der Waals surface area contributed by atoms with Gasteiger partial charge in [-0.3, -0.25) is 4.79 Å². The minimum Gasteiger partial charge on any atom is -0.493 e. The van der Waals surface area contributed by atoms with Gasteiger partial charge in [-0.15, -0.1) is 0 Å². The van der Waals surface area contributed by atoms with Crippen LogP contribution in [-0.4, -0.2) is 28.9 Å². The summed E-state index contributed by atoms with van der Waals surface area (Å²) in [6.07, 6.45) is 1.29. The van der Waals surface area contributed by atoms with Crippen molar-refractivity contribution in [2.24, 2.45) is 0 Å². The molecule has 0 fully saturated rings. The van der Waals surface area contributed by atoms with Gasteiger partial charge in [0.05, 0.1) is 13.0 Å². The zero-order chi connectivity index (χ0) is 17.2. The fraction of sp³-hybridized carbons (Fsp3) is 0.286. The summed E-state index contributed by atoms with van der Waals surface area (Å²) in [7, 11) is 0. The molecule has 0 saturated carbocycles. The molecule has 0 aliphatic carbocycles. The van der Waals surface area contributed by atoms with Gasteiger partial charge in [0.1, 0.15) is 5.75 Å². The van der Waals surface area contributed by atoms with E-state index in [9.17, 15) is 4.79 Å². The molecular formula is C21H22N2O2. The van der Waals surface area contributed by atoms with Gasteiger partial charge in [0.2, 0.25) is 5.91 Å². The maximum absolute atomic E-state index is 12.5. The van der Waals surface area contributed by atoms with E-state index in [0.717, 1.165) is 18.7 Å². The van der Waals surface area contributed by atoms with E-state index in [1.165, 1.54) is 27.7 Å². The highest BCUT2D eigenvalue weighted by molar-refractivity contribution is 5.86. The summed E-state index contributed by atoms with van der Waals surface area (Å²) >= 11 is 0. The summed E-state index contributed by atoms with van der Waals surface area (Å²) in [5.74, 6) is 0.964. The number of nitrogens with one attached hydrogen (secondary N) is 1. The molecule has 3 aromatic rings. The average molecular weight is 334 g/mol.